The number of hydrogen-bond donors (Lipinski definition) is 0. The molecule has 0 saturated carbocycles. The van der Waals surface area contributed by atoms with E-state index in [1.165, 1.54) is 0 Å². The van der Waals surface area contributed by atoms with Gasteiger partial charge in [0.15, 0.2) is 0 Å². The molecule has 13 heavy (non-hydrogen) atoms. The van der Waals surface area contributed by atoms with Crippen LogP contribution in [-0.4, -0.2) is 18.3 Å². The van der Waals surface area contributed by atoms with Crippen molar-refractivity contribution in [1.29, 1.82) is 0 Å². The van der Waals surface area contributed by atoms with E-state index in [4.69, 9.17) is 0 Å². The van der Waals surface area contributed by atoms with Gasteiger partial charge in [0.25, 0.3) is 12.1 Å². The van der Waals surface area contributed by atoms with Crippen molar-refractivity contribution in [3.05, 3.63) is 11.6 Å². The smallest absolute Gasteiger partial charge is 0.222 e. The Morgan fingerprint density at radius 2 is 1.54 bits per heavy atom. The van der Waals surface area contributed by atoms with E-state index in [1.54, 1.807) is 0 Å². The Balaban J connectivity index is 5.21. The van der Waals surface area contributed by atoms with Gasteiger partial charge < -0.3 is 0 Å². The molecule has 0 aliphatic carbocycles. The molecule has 1 atom stereocenters. The minimum Gasteiger partial charge on any atom is -0.222 e. The van der Waals surface area contributed by atoms with Crippen LogP contribution in [0.5, 0.6) is 0 Å². The second-order valence-electron chi connectivity index (χ2n) is 2.48. The maximum absolute atomic E-state index is 12.9. The Morgan fingerprint density at radius 3 is 1.62 bits per heavy atom. The fraction of sp³-hybridized carbons (Fsp3) is 0.714. The summed E-state index contributed by atoms with van der Waals surface area (Å²) in [5, 5.41) is 0. The molecule has 0 fully saturated rings. The van der Waals surface area contributed by atoms with E-state index in [2.05, 4.69) is 0 Å². The SMILES string of the molecule is C/C=C(\C)C(F)(C(F)F)C(F)(F)F. The molecule has 0 nitrogen and oxygen atoms in total. The first-order valence-electron chi connectivity index (χ1n) is 3.35. The van der Waals surface area contributed by atoms with E-state index < -0.39 is 23.8 Å². The second kappa shape index (κ2) is 3.59. The van der Waals surface area contributed by atoms with Crippen molar-refractivity contribution in [3.8, 4) is 0 Å². The molecular formula is C7H8F6. The van der Waals surface area contributed by atoms with Gasteiger partial charge in [-0.3, -0.25) is 0 Å². The van der Waals surface area contributed by atoms with Crippen molar-refractivity contribution in [2.45, 2.75) is 32.1 Å². The number of allylic oxidation sites excluding steroid dienone is 2. The van der Waals surface area contributed by atoms with Crippen molar-refractivity contribution in [1.82, 2.24) is 0 Å². The normalized spacial score (nSPS) is 19.0. The third kappa shape index (κ3) is 1.97. The zero-order valence-corrected chi connectivity index (χ0v) is 6.92. The van der Waals surface area contributed by atoms with Crippen LogP contribution in [0.3, 0.4) is 0 Å². The van der Waals surface area contributed by atoms with Crippen molar-refractivity contribution in [2.24, 2.45) is 0 Å². The minimum atomic E-state index is -5.59. The fourth-order valence-electron chi connectivity index (χ4n) is 0.729. The number of halogens is 6. The average Bonchev–Trinajstić information content (AvgIpc) is 1.98. The quantitative estimate of drug-likeness (QED) is 0.479. The molecule has 0 aromatic rings. The van der Waals surface area contributed by atoms with E-state index in [0.717, 1.165) is 6.92 Å². The van der Waals surface area contributed by atoms with Crippen LogP contribution in [0, 0.1) is 0 Å². The lowest BCUT2D eigenvalue weighted by Gasteiger charge is -2.27. The van der Waals surface area contributed by atoms with Gasteiger partial charge in [-0.1, -0.05) is 6.08 Å². The summed E-state index contributed by atoms with van der Waals surface area (Å²) in [4.78, 5) is 0. The molecule has 0 aromatic heterocycles. The Hall–Kier alpha value is -0.680. The number of alkyl halides is 6. The van der Waals surface area contributed by atoms with Crippen LogP contribution in [0.4, 0.5) is 26.3 Å². The number of rotatable bonds is 2. The van der Waals surface area contributed by atoms with E-state index in [9.17, 15) is 26.3 Å². The Labute approximate surface area is 71.2 Å². The van der Waals surface area contributed by atoms with Crippen LogP contribution in [0.25, 0.3) is 0 Å². The van der Waals surface area contributed by atoms with Gasteiger partial charge in [-0.15, -0.1) is 0 Å². The molecule has 1 unspecified atom stereocenters. The van der Waals surface area contributed by atoms with Gasteiger partial charge in [0.2, 0.25) is 0 Å². The first-order valence-corrected chi connectivity index (χ1v) is 3.35. The molecule has 0 aromatic carbocycles. The summed E-state index contributed by atoms with van der Waals surface area (Å²) in [6.45, 7) is 1.75. The third-order valence-corrected chi connectivity index (χ3v) is 1.72. The molecular weight excluding hydrogens is 198 g/mol. The maximum Gasteiger partial charge on any atom is 0.432 e. The molecule has 0 rings (SSSR count). The summed E-state index contributed by atoms with van der Waals surface area (Å²) >= 11 is 0. The highest BCUT2D eigenvalue weighted by Gasteiger charge is 2.63. The van der Waals surface area contributed by atoms with E-state index in [-0.39, 0.29) is 0 Å². The summed E-state index contributed by atoms with van der Waals surface area (Å²) < 4.78 is 72.3. The number of hydrogen-bond acceptors (Lipinski definition) is 0. The van der Waals surface area contributed by atoms with Crippen molar-refractivity contribution in [2.75, 3.05) is 0 Å². The first kappa shape index (κ1) is 12.3. The lowest BCUT2D eigenvalue weighted by atomic mass is 9.96. The molecule has 78 valence electrons. The molecule has 0 bridgehead atoms. The van der Waals surface area contributed by atoms with Gasteiger partial charge in [0.1, 0.15) is 0 Å². The molecule has 0 aliphatic heterocycles. The highest BCUT2D eigenvalue weighted by Crippen LogP contribution is 2.43. The first-order chi connectivity index (χ1) is 5.67. The summed E-state index contributed by atoms with van der Waals surface area (Å²) in [6, 6.07) is 0. The topological polar surface area (TPSA) is 0 Å². The zero-order valence-electron chi connectivity index (χ0n) is 6.92. The van der Waals surface area contributed by atoms with E-state index in [1.807, 2.05) is 0 Å². The minimum absolute atomic E-state index is 0.680. The molecule has 0 N–H and O–H groups in total. The largest absolute Gasteiger partial charge is 0.432 e. The van der Waals surface area contributed by atoms with Crippen LogP contribution in [0.15, 0.2) is 11.6 Å². The summed E-state index contributed by atoms with van der Waals surface area (Å²) in [5.41, 5.74) is -5.56. The van der Waals surface area contributed by atoms with Crippen LogP contribution in [0.2, 0.25) is 0 Å². The predicted molar refractivity (Wildman–Crippen MR) is 35.3 cm³/mol. The Bertz CT molecular complexity index is 204. The summed E-state index contributed by atoms with van der Waals surface area (Å²) in [6.07, 6.45) is -9.01. The van der Waals surface area contributed by atoms with Crippen LogP contribution >= 0.6 is 0 Å². The van der Waals surface area contributed by atoms with Crippen LogP contribution in [0.1, 0.15) is 13.8 Å². The highest BCUT2D eigenvalue weighted by molar-refractivity contribution is 5.18. The molecule has 0 saturated heterocycles. The van der Waals surface area contributed by atoms with Gasteiger partial charge in [0, 0.05) is 0 Å². The molecule has 0 amide bonds. The van der Waals surface area contributed by atoms with Crippen LogP contribution in [-0.2, 0) is 0 Å². The summed E-state index contributed by atoms with van der Waals surface area (Å²) in [7, 11) is 0. The average molecular weight is 206 g/mol. The lowest BCUT2D eigenvalue weighted by Crippen LogP contribution is -2.48. The van der Waals surface area contributed by atoms with Gasteiger partial charge in [-0.2, -0.15) is 13.2 Å². The van der Waals surface area contributed by atoms with E-state index >= 15 is 0 Å². The maximum atomic E-state index is 12.9. The van der Waals surface area contributed by atoms with Gasteiger partial charge in [-0.05, 0) is 19.4 Å². The Kier molecular flexibility index (Phi) is 3.40. The highest BCUT2D eigenvalue weighted by atomic mass is 19.4. The lowest BCUT2D eigenvalue weighted by molar-refractivity contribution is -0.251. The molecule has 6 heteroatoms. The fourth-order valence-corrected chi connectivity index (χ4v) is 0.729. The van der Waals surface area contributed by atoms with Crippen LogP contribution < -0.4 is 0 Å². The monoisotopic (exact) mass is 206 g/mol. The van der Waals surface area contributed by atoms with Gasteiger partial charge in [-0.25, -0.2) is 13.2 Å². The molecule has 0 radical (unpaired) electrons. The standard InChI is InChI=1S/C7H8F6/c1-3-4(2)6(10,5(8)9)7(11,12)13/h3,5H,1-2H3/b4-3+. The van der Waals surface area contributed by atoms with Crippen molar-refractivity contribution >= 4 is 0 Å². The Morgan fingerprint density at radius 1 is 1.15 bits per heavy atom. The molecule has 0 heterocycles. The van der Waals surface area contributed by atoms with Gasteiger partial charge >= 0.3 is 6.18 Å². The predicted octanol–water partition coefficient (Wildman–Crippen LogP) is 3.49. The van der Waals surface area contributed by atoms with E-state index in [0.29, 0.717) is 13.0 Å². The van der Waals surface area contributed by atoms with Gasteiger partial charge in [0.05, 0.1) is 0 Å². The summed E-state index contributed by atoms with van der Waals surface area (Å²) in [5.74, 6) is 0. The van der Waals surface area contributed by atoms with Crippen molar-refractivity contribution in [3.63, 3.8) is 0 Å². The zero-order chi connectivity index (χ0) is 10.9. The van der Waals surface area contributed by atoms with Crippen molar-refractivity contribution < 1.29 is 26.3 Å². The third-order valence-electron chi connectivity index (χ3n) is 1.72. The molecule has 0 spiro atoms. The second-order valence-corrected chi connectivity index (χ2v) is 2.48. The molecule has 0 aliphatic rings.